The van der Waals surface area contributed by atoms with Crippen molar-refractivity contribution in [2.75, 3.05) is 23.3 Å². The van der Waals surface area contributed by atoms with Gasteiger partial charge in [-0.3, -0.25) is 9.59 Å². The van der Waals surface area contributed by atoms with Gasteiger partial charge in [0.15, 0.2) is 5.69 Å². The number of nitrogens with zero attached hydrogens (tertiary/aromatic N) is 4. The third kappa shape index (κ3) is 5.16. The molecule has 1 aliphatic heterocycles. The third-order valence-electron chi connectivity index (χ3n) is 7.52. The van der Waals surface area contributed by atoms with Crippen LogP contribution in [0, 0.1) is 5.82 Å². The third-order valence-corrected chi connectivity index (χ3v) is 7.82. The number of hydrogen-bond acceptors (Lipinski definition) is 6. The van der Waals surface area contributed by atoms with E-state index in [9.17, 15) is 14.0 Å². The summed E-state index contributed by atoms with van der Waals surface area (Å²) in [5.41, 5.74) is 10.6. The van der Waals surface area contributed by atoms with Gasteiger partial charge in [0.2, 0.25) is 0 Å². The number of nitrogens with two attached hydrogens (primary N) is 1. The van der Waals surface area contributed by atoms with Crippen LogP contribution in [0.4, 0.5) is 15.9 Å². The highest BCUT2D eigenvalue weighted by atomic mass is 35.5. The number of amides is 2. The Hall–Kier alpha value is -4.28. The molecule has 41 heavy (non-hydrogen) atoms. The van der Waals surface area contributed by atoms with Crippen molar-refractivity contribution in [2.45, 2.75) is 38.8 Å². The Morgan fingerprint density at radius 3 is 2.51 bits per heavy atom. The standard InChI is InChI=1S/C30H29ClFN7O2/c1-16-14-38(15-17(2)35-16)26-12-24(25(31)13-34-26)30(41)36-20-7-3-18-4-10-22-27(29(33)40)37-39(28(22)23(18)11-20)21-8-5-19(32)6-9-21/h3,5-9,11-13,16-17,35H,4,10,14-15H2,1-2H3,(H2,33,40)(H,36,41)/t16-,17+. The molecule has 2 amide bonds. The molecule has 0 saturated carbocycles. The zero-order valence-electron chi connectivity index (χ0n) is 22.6. The Kier molecular flexibility index (Phi) is 6.96. The monoisotopic (exact) mass is 573 g/mol. The van der Waals surface area contributed by atoms with E-state index in [1.165, 1.54) is 18.3 Å². The molecule has 0 radical (unpaired) electrons. The largest absolute Gasteiger partial charge is 0.364 e. The molecule has 2 aromatic heterocycles. The summed E-state index contributed by atoms with van der Waals surface area (Å²) >= 11 is 6.43. The van der Waals surface area contributed by atoms with Crippen LogP contribution >= 0.6 is 11.6 Å². The molecule has 2 aromatic carbocycles. The van der Waals surface area contributed by atoms with Crippen molar-refractivity contribution in [2.24, 2.45) is 5.73 Å². The van der Waals surface area contributed by atoms with E-state index >= 15 is 0 Å². The predicted octanol–water partition coefficient (Wildman–Crippen LogP) is 4.36. The minimum atomic E-state index is -0.633. The minimum absolute atomic E-state index is 0.178. The average molecular weight is 574 g/mol. The highest BCUT2D eigenvalue weighted by Crippen LogP contribution is 2.38. The molecule has 0 unspecified atom stereocenters. The Labute approximate surface area is 241 Å². The zero-order chi connectivity index (χ0) is 28.8. The van der Waals surface area contributed by atoms with E-state index in [4.69, 9.17) is 17.3 Å². The fourth-order valence-corrected chi connectivity index (χ4v) is 5.96. The lowest BCUT2D eigenvalue weighted by Gasteiger charge is -2.37. The number of piperazine rings is 1. The van der Waals surface area contributed by atoms with E-state index in [0.717, 1.165) is 29.8 Å². The number of anilines is 2. The number of carbonyl (C=O) groups is 2. The molecule has 0 spiro atoms. The van der Waals surface area contributed by atoms with Crippen molar-refractivity contribution < 1.29 is 14.0 Å². The first-order valence-corrected chi connectivity index (χ1v) is 13.8. The molecule has 9 nitrogen and oxygen atoms in total. The maximum Gasteiger partial charge on any atom is 0.269 e. The van der Waals surface area contributed by atoms with E-state index in [2.05, 4.69) is 39.5 Å². The van der Waals surface area contributed by atoms with Crippen LogP contribution in [0.15, 0.2) is 54.7 Å². The van der Waals surface area contributed by atoms with Gasteiger partial charge >= 0.3 is 0 Å². The van der Waals surface area contributed by atoms with Crippen LogP contribution in [-0.4, -0.2) is 51.8 Å². The number of fused-ring (bicyclic) bond motifs is 3. The second kappa shape index (κ2) is 10.6. The molecule has 4 aromatic rings. The predicted molar refractivity (Wildman–Crippen MR) is 156 cm³/mol. The minimum Gasteiger partial charge on any atom is -0.364 e. The molecule has 2 aliphatic rings. The number of nitrogens with one attached hydrogen (secondary N) is 2. The maximum absolute atomic E-state index is 13.7. The maximum atomic E-state index is 13.7. The molecule has 6 rings (SSSR count). The molecule has 1 saturated heterocycles. The van der Waals surface area contributed by atoms with Crippen LogP contribution in [0.2, 0.25) is 5.02 Å². The summed E-state index contributed by atoms with van der Waals surface area (Å²) in [5.74, 6) is -0.687. The lowest BCUT2D eigenvalue weighted by atomic mass is 9.88. The molecular formula is C30H29ClFN7O2. The smallest absolute Gasteiger partial charge is 0.269 e. The Balaban J connectivity index is 1.34. The second-order valence-corrected chi connectivity index (χ2v) is 11.1. The van der Waals surface area contributed by atoms with Crippen LogP contribution in [0.5, 0.6) is 0 Å². The summed E-state index contributed by atoms with van der Waals surface area (Å²) in [7, 11) is 0. The first kappa shape index (κ1) is 26.9. The molecule has 11 heteroatoms. The van der Waals surface area contributed by atoms with Gasteiger partial charge in [-0.25, -0.2) is 14.1 Å². The lowest BCUT2D eigenvalue weighted by molar-refractivity contribution is 0.0992. The fourth-order valence-electron chi connectivity index (χ4n) is 5.77. The number of halogens is 2. The quantitative estimate of drug-likeness (QED) is 0.326. The second-order valence-electron chi connectivity index (χ2n) is 10.7. The van der Waals surface area contributed by atoms with E-state index in [1.807, 2.05) is 18.2 Å². The topological polar surface area (TPSA) is 118 Å². The van der Waals surface area contributed by atoms with Gasteiger partial charge in [0.1, 0.15) is 11.6 Å². The number of aromatic nitrogens is 3. The van der Waals surface area contributed by atoms with Gasteiger partial charge in [-0.15, -0.1) is 0 Å². The van der Waals surface area contributed by atoms with Crippen LogP contribution in [0.1, 0.15) is 45.8 Å². The Morgan fingerprint density at radius 1 is 1.07 bits per heavy atom. The van der Waals surface area contributed by atoms with Crippen molar-refractivity contribution in [1.82, 2.24) is 20.1 Å². The molecule has 4 N–H and O–H groups in total. The molecule has 3 heterocycles. The molecule has 1 fully saturated rings. The van der Waals surface area contributed by atoms with E-state index < -0.39 is 5.91 Å². The van der Waals surface area contributed by atoms with Gasteiger partial charge in [-0.2, -0.15) is 5.10 Å². The summed E-state index contributed by atoms with van der Waals surface area (Å²) < 4.78 is 15.3. The first-order valence-electron chi connectivity index (χ1n) is 13.5. The normalized spacial score (nSPS) is 18.0. The highest BCUT2D eigenvalue weighted by Gasteiger charge is 2.29. The molecule has 210 valence electrons. The lowest BCUT2D eigenvalue weighted by Crippen LogP contribution is -2.54. The van der Waals surface area contributed by atoms with Gasteiger partial charge in [0.25, 0.3) is 11.8 Å². The molecule has 2 atom stereocenters. The Morgan fingerprint density at radius 2 is 1.80 bits per heavy atom. The van der Waals surface area contributed by atoms with Gasteiger partial charge in [-0.05, 0) is 74.7 Å². The summed E-state index contributed by atoms with van der Waals surface area (Å²) in [6.45, 7) is 5.76. The van der Waals surface area contributed by atoms with Crippen LogP contribution in [0.25, 0.3) is 16.9 Å². The number of hydrogen-bond donors (Lipinski definition) is 3. The first-order chi connectivity index (χ1) is 19.7. The van der Waals surface area contributed by atoms with Crippen molar-refractivity contribution in [3.8, 4) is 16.9 Å². The Bertz CT molecular complexity index is 1660. The number of carbonyl (C=O) groups excluding carboxylic acids is 2. The number of benzene rings is 2. The summed E-state index contributed by atoms with van der Waals surface area (Å²) in [6, 6.07) is 13.8. The molecule has 1 aliphatic carbocycles. The van der Waals surface area contributed by atoms with E-state index in [-0.39, 0.29) is 34.5 Å². The number of primary amides is 1. The number of aryl methyl sites for hydroxylation is 1. The van der Waals surface area contributed by atoms with Gasteiger partial charge in [0, 0.05) is 48.2 Å². The summed E-state index contributed by atoms with van der Waals surface area (Å²) in [6.07, 6.45) is 2.76. The van der Waals surface area contributed by atoms with Gasteiger partial charge in [-0.1, -0.05) is 17.7 Å². The van der Waals surface area contributed by atoms with Crippen molar-refractivity contribution in [3.05, 3.63) is 88.0 Å². The zero-order valence-corrected chi connectivity index (χ0v) is 23.4. The van der Waals surface area contributed by atoms with Crippen molar-refractivity contribution in [3.63, 3.8) is 0 Å². The van der Waals surface area contributed by atoms with Crippen molar-refractivity contribution in [1.29, 1.82) is 0 Å². The fraction of sp³-hybridized carbons (Fsp3) is 0.267. The average Bonchev–Trinajstić information content (AvgIpc) is 3.34. The summed E-state index contributed by atoms with van der Waals surface area (Å²) in [4.78, 5) is 32.3. The van der Waals surface area contributed by atoms with E-state index in [1.54, 1.807) is 22.9 Å². The molecule has 0 bridgehead atoms. The van der Waals surface area contributed by atoms with Crippen molar-refractivity contribution >= 4 is 34.9 Å². The van der Waals surface area contributed by atoms with Crippen LogP contribution in [0.3, 0.4) is 0 Å². The van der Waals surface area contributed by atoms with Crippen LogP contribution in [-0.2, 0) is 12.8 Å². The van der Waals surface area contributed by atoms with Gasteiger partial charge in [0.05, 0.1) is 22.0 Å². The summed E-state index contributed by atoms with van der Waals surface area (Å²) in [5, 5.41) is 11.2. The number of rotatable bonds is 5. The van der Waals surface area contributed by atoms with E-state index in [0.29, 0.717) is 41.3 Å². The van der Waals surface area contributed by atoms with Gasteiger partial charge < -0.3 is 21.3 Å². The number of pyridine rings is 1. The molecular weight excluding hydrogens is 545 g/mol. The highest BCUT2D eigenvalue weighted by molar-refractivity contribution is 6.34. The van der Waals surface area contributed by atoms with Crippen LogP contribution < -0.4 is 21.3 Å². The SMILES string of the molecule is C[C@@H]1CN(c2cc(C(=O)Nc3ccc4c(c3)-c3c(c(C(N)=O)nn3-c3ccc(F)cc3)CC4)c(Cl)cn2)C[C@H](C)N1.